The van der Waals surface area contributed by atoms with Gasteiger partial charge in [-0.25, -0.2) is 4.79 Å². The Balaban J connectivity index is 1.42. The Bertz CT molecular complexity index is 1030. The molecular weight excluding hydrogens is 418 g/mol. The summed E-state index contributed by atoms with van der Waals surface area (Å²) < 4.78 is 10.8. The number of nitrogens with zero attached hydrogens (tertiary/aromatic N) is 1. The average Bonchev–Trinajstić information content (AvgIpc) is 2.86. The first kappa shape index (κ1) is 24.0. The third kappa shape index (κ3) is 7.19. The van der Waals surface area contributed by atoms with Crippen LogP contribution in [0.15, 0.2) is 84.0 Å². The number of hydrogen-bond donors (Lipinski definition) is 2. The molecule has 0 saturated carbocycles. The quantitative estimate of drug-likeness (QED) is 0.167. The van der Waals surface area contributed by atoms with Crippen molar-refractivity contribution in [3.63, 3.8) is 0 Å². The Labute approximate surface area is 194 Å². The summed E-state index contributed by atoms with van der Waals surface area (Å²) in [5.41, 5.74) is 4.57. The van der Waals surface area contributed by atoms with E-state index in [4.69, 9.17) is 14.6 Å². The number of hydrogen-bond acceptors (Lipinski definition) is 5. The van der Waals surface area contributed by atoms with Crippen LogP contribution in [0.5, 0.6) is 5.75 Å². The van der Waals surface area contributed by atoms with Crippen molar-refractivity contribution in [3.05, 3.63) is 90.0 Å². The number of oxime groups is 1. The zero-order valence-electron chi connectivity index (χ0n) is 18.7. The van der Waals surface area contributed by atoms with Gasteiger partial charge in [0, 0.05) is 13.5 Å². The molecule has 0 saturated heterocycles. The monoisotopic (exact) mass is 447 g/mol. The molecule has 0 radical (unpaired) electrons. The third-order valence-electron chi connectivity index (χ3n) is 5.43. The molecule has 0 spiro atoms. The maximum Gasteiger partial charge on any atom is 0.333 e. The van der Waals surface area contributed by atoms with Gasteiger partial charge in [0.2, 0.25) is 0 Å². The van der Waals surface area contributed by atoms with Crippen molar-refractivity contribution in [1.82, 2.24) is 0 Å². The van der Waals surface area contributed by atoms with Gasteiger partial charge in [-0.15, -0.1) is 0 Å². The van der Waals surface area contributed by atoms with Gasteiger partial charge in [-0.3, -0.25) is 0 Å². The van der Waals surface area contributed by atoms with Gasteiger partial charge in [-0.05, 0) is 53.6 Å². The van der Waals surface area contributed by atoms with Crippen LogP contribution in [0.2, 0.25) is 0 Å². The summed E-state index contributed by atoms with van der Waals surface area (Å²) in [6.45, 7) is 0.579. The zero-order chi connectivity index (χ0) is 23.5. The molecule has 0 aromatic heterocycles. The average molecular weight is 448 g/mol. The van der Waals surface area contributed by atoms with Crippen LogP contribution in [0, 0.1) is 0 Å². The maximum absolute atomic E-state index is 11.1. The molecule has 172 valence electrons. The molecule has 0 amide bonds. The van der Waals surface area contributed by atoms with Gasteiger partial charge in [-0.2, -0.15) is 0 Å². The van der Waals surface area contributed by atoms with Crippen LogP contribution in [0.25, 0.3) is 11.1 Å². The molecule has 3 aromatic carbocycles. The molecule has 0 aliphatic carbocycles. The number of methoxy groups -OCH3 is 1. The zero-order valence-corrected chi connectivity index (χ0v) is 18.7. The van der Waals surface area contributed by atoms with Crippen LogP contribution in [-0.4, -0.2) is 41.8 Å². The first-order valence-corrected chi connectivity index (χ1v) is 10.9. The molecule has 0 bridgehead atoms. The molecule has 2 N–H and O–H groups in total. The number of unbranched alkanes of at least 4 members (excludes halogenated alkanes) is 1. The predicted molar refractivity (Wildman–Crippen MR) is 128 cm³/mol. The van der Waals surface area contributed by atoms with Crippen molar-refractivity contribution in [1.29, 1.82) is 0 Å². The van der Waals surface area contributed by atoms with Crippen molar-refractivity contribution in [2.75, 3.05) is 13.7 Å². The molecule has 0 fully saturated rings. The maximum atomic E-state index is 11.1. The van der Waals surface area contributed by atoms with Crippen LogP contribution in [-0.2, 0) is 16.0 Å². The topological polar surface area (TPSA) is 88.4 Å². The highest BCUT2D eigenvalue weighted by atomic mass is 16.5. The summed E-state index contributed by atoms with van der Waals surface area (Å²) in [6, 6.07) is 25.6. The normalized spacial score (nSPS) is 12.3. The minimum absolute atomic E-state index is 0.279. The lowest BCUT2D eigenvalue weighted by molar-refractivity contribution is -0.148. The highest BCUT2D eigenvalue weighted by molar-refractivity contribution is 6.00. The van der Waals surface area contributed by atoms with E-state index in [0.717, 1.165) is 35.3 Å². The second-order valence-electron chi connectivity index (χ2n) is 7.71. The van der Waals surface area contributed by atoms with Crippen molar-refractivity contribution in [2.45, 2.75) is 31.8 Å². The Morgan fingerprint density at radius 2 is 1.58 bits per heavy atom. The predicted octanol–water partition coefficient (Wildman–Crippen LogP) is 5.42. The van der Waals surface area contributed by atoms with Gasteiger partial charge in [0.15, 0.2) is 6.10 Å². The van der Waals surface area contributed by atoms with Gasteiger partial charge >= 0.3 is 5.97 Å². The van der Waals surface area contributed by atoms with Gasteiger partial charge < -0.3 is 19.8 Å². The smallest absolute Gasteiger partial charge is 0.333 e. The summed E-state index contributed by atoms with van der Waals surface area (Å²) in [7, 11) is 1.38. The summed E-state index contributed by atoms with van der Waals surface area (Å²) in [5.74, 6) is -0.161. The molecule has 6 heteroatoms. The lowest BCUT2D eigenvalue weighted by atomic mass is 10.0. The van der Waals surface area contributed by atoms with Gasteiger partial charge in [0.25, 0.3) is 0 Å². The molecule has 1 atom stereocenters. The van der Waals surface area contributed by atoms with Crippen LogP contribution >= 0.6 is 0 Å². The second kappa shape index (κ2) is 12.4. The lowest BCUT2D eigenvalue weighted by Gasteiger charge is -2.11. The Morgan fingerprint density at radius 1 is 0.909 bits per heavy atom. The van der Waals surface area contributed by atoms with Crippen LogP contribution < -0.4 is 4.74 Å². The van der Waals surface area contributed by atoms with Crippen LogP contribution in [0.4, 0.5) is 0 Å². The largest absolute Gasteiger partial charge is 0.494 e. The minimum atomic E-state index is -0.992. The lowest BCUT2D eigenvalue weighted by Crippen LogP contribution is -2.24. The molecular formula is C27H29NO5. The van der Waals surface area contributed by atoms with E-state index >= 15 is 0 Å². The van der Waals surface area contributed by atoms with Crippen molar-refractivity contribution < 1.29 is 24.6 Å². The SMILES string of the molecule is CO[C@@H](Cc1ccc(C(CCCCOc2ccc(-c3ccccc3)cc2)=NO)cc1)C(=O)O. The van der Waals surface area contributed by atoms with E-state index in [1.165, 1.54) is 12.7 Å². The molecule has 0 unspecified atom stereocenters. The number of aliphatic carboxylic acids is 1. The molecule has 3 rings (SSSR count). The van der Waals surface area contributed by atoms with Crippen molar-refractivity contribution >= 4 is 11.7 Å². The molecule has 33 heavy (non-hydrogen) atoms. The number of benzene rings is 3. The fourth-order valence-corrected chi connectivity index (χ4v) is 3.53. The number of rotatable bonds is 12. The third-order valence-corrected chi connectivity index (χ3v) is 5.43. The van der Waals surface area contributed by atoms with E-state index in [1.807, 2.05) is 54.6 Å². The van der Waals surface area contributed by atoms with Gasteiger partial charge in [-0.1, -0.05) is 71.9 Å². The van der Waals surface area contributed by atoms with E-state index in [-0.39, 0.29) is 6.42 Å². The number of carboxylic acid groups (broad SMARTS) is 1. The van der Waals surface area contributed by atoms with E-state index < -0.39 is 12.1 Å². The van der Waals surface area contributed by atoms with Crippen LogP contribution in [0.1, 0.15) is 30.4 Å². The molecule has 3 aromatic rings. The fourth-order valence-electron chi connectivity index (χ4n) is 3.53. The van der Waals surface area contributed by atoms with E-state index in [9.17, 15) is 10.0 Å². The minimum Gasteiger partial charge on any atom is -0.494 e. The summed E-state index contributed by atoms with van der Waals surface area (Å²) in [4.78, 5) is 11.1. The first-order valence-electron chi connectivity index (χ1n) is 10.9. The van der Waals surface area contributed by atoms with Crippen molar-refractivity contribution in [3.8, 4) is 16.9 Å². The van der Waals surface area contributed by atoms with Gasteiger partial charge in [0.1, 0.15) is 5.75 Å². The van der Waals surface area contributed by atoms with Crippen LogP contribution in [0.3, 0.4) is 0 Å². The standard InChI is InChI=1S/C27H29NO5/c1-32-26(27(29)30)19-20-10-12-23(13-11-20)25(28-31)9-5-6-18-33-24-16-14-22(15-17-24)21-7-3-2-4-8-21/h2-4,7-8,10-17,26,31H,5-6,9,18-19H2,1H3,(H,29,30)/t26-/m0/s1. The number of carbonyl (C=O) groups is 1. The Morgan fingerprint density at radius 3 is 2.18 bits per heavy atom. The highest BCUT2D eigenvalue weighted by Crippen LogP contribution is 2.22. The molecule has 0 aliphatic heterocycles. The number of carboxylic acids is 1. The molecule has 0 aliphatic rings. The molecule has 6 nitrogen and oxygen atoms in total. The highest BCUT2D eigenvalue weighted by Gasteiger charge is 2.17. The van der Waals surface area contributed by atoms with E-state index in [1.54, 1.807) is 0 Å². The second-order valence-corrected chi connectivity index (χ2v) is 7.71. The van der Waals surface area contributed by atoms with Crippen molar-refractivity contribution in [2.24, 2.45) is 5.16 Å². The van der Waals surface area contributed by atoms with E-state index in [0.29, 0.717) is 18.7 Å². The molecule has 0 heterocycles. The number of ether oxygens (including phenoxy) is 2. The summed E-state index contributed by atoms with van der Waals surface area (Å²) in [6.07, 6.45) is 1.65. The van der Waals surface area contributed by atoms with Gasteiger partial charge in [0.05, 0.1) is 12.3 Å². The summed E-state index contributed by atoms with van der Waals surface area (Å²) >= 11 is 0. The first-order chi connectivity index (χ1) is 16.1. The Hall–Kier alpha value is -3.64. The fraction of sp³-hybridized carbons (Fsp3) is 0.259. The Kier molecular flexibility index (Phi) is 9.03. The summed E-state index contributed by atoms with van der Waals surface area (Å²) in [5, 5.41) is 22.0. The van der Waals surface area contributed by atoms with E-state index in [2.05, 4.69) is 29.4 Å².